The number of hydrogen-bond donors (Lipinski definition) is 1. The molecule has 1 aliphatic rings. The molecular formula is C20H24N4O3S. The van der Waals surface area contributed by atoms with Crippen molar-refractivity contribution in [2.75, 3.05) is 39.2 Å². The average Bonchev–Trinajstić information content (AvgIpc) is 3.36. The molecular weight excluding hydrogens is 376 g/mol. The van der Waals surface area contributed by atoms with Gasteiger partial charge in [-0.15, -0.1) is 0 Å². The number of aromatic nitrogens is 2. The van der Waals surface area contributed by atoms with Crippen LogP contribution in [0.15, 0.2) is 41.3 Å². The quantitative estimate of drug-likeness (QED) is 0.712. The lowest BCUT2D eigenvalue weighted by Crippen LogP contribution is -2.23. The Bertz CT molecular complexity index is 1120. The zero-order valence-corrected chi connectivity index (χ0v) is 17.1. The molecule has 0 atom stereocenters. The Morgan fingerprint density at radius 3 is 2.54 bits per heavy atom. The first-order valence-electron chi connectivity index (χ1n) is 9.26. The summed E-state index contributed by atoms with van der Waals surface area (Å²) in [5.74, 6) is 0.543. The van der Waals surface area contributed by atoms with Gasteiger partial charge in [-0.2, -0.15) is 0 Å². The molecule has 8 heteroatoms. The van der Waals surface area contributed by atoms with Gasteiger partial charge in [-0.1, -0.05) is 0 Å². The Hall–Kier alpha value is -2.58. The first kappa shape index (κ1) is 18.8. The number of methoxy groups -OCH3 is 1. The first-order valence-corrected chi connectivity index (χ1v) is 10.7. The summed E-state index contributed by atoms with van der Waals surface area (Å²) in [4.78, 5) is 10.4. The molecule has 3 heterocycles. The fourth-order valence-electron chi connectivity index (χ4n) is 3.58. The Balaban J connectivity index is 1.89. The predicted molar refractivity (Wildman–Crippen MR) is 110 cm³/mol. The minimum absolute atomic E-state index is 0.277. The molecule has 0 amide bonds. The van der Waals surface area contributed by atoms with Crippen LogP contribution in [-0.2, 0) is 10.0 Å². The number of nitrogens with one attached hydrogen (secondary N) is 1. The van der Waals surface area contributed by atoms with E-state index in [2.05, 4.69) is 14.9 Å². The van der Waals surface area contributed by atoms with Crippen LogP contribution in [0, 0.1) is 0 Å². The maximum atomic E-state index is 12.7. The van der Waals surface area contributed by atoms with Crippen molar-refractivity contribution in [3.8, 4) is 17.1 Å². The number of H-pyrrole nitrogens is 1. The summed E-state index contributed by atoms with van der Waals surface area (Å²) in [6.45, 7) is 1.94. The van der Waals surface area contributed by atoms with Gasteiger partial charge in [0.05, 0.1) is 28.7 Å². The van der Waals surface area contributed by atoms with E-state index in [1.165, 1.54) is 4.31 Å². The number of anilines is 1. The van der Waals surface area contributed by atoms with Crippen LogP contribution in [0.25, 0.3) is 22.3 Å². The molecule has 0 radical (unpaired) electrons. The number of rotatable bonds is 5. The van der Waals surface area contributed by atoms with E-state index in [-0.39, 0.29) is 4.90 Å². The van der Waals surface area contributed by atoms with Crippen molar-refractivity contribution in [3.05, 3.63) is 36.4 Å². The highest BCUT2D eigenvalue weighted by Crippen LogP contribution is 2.36. The van der Waals surface area contributed by atoms with Crippen molar-refractivity contribution in [3.63, 3.8) is 0 Å². The van der Waals surface area contributed by atoms with Gasteiger partial charge < -0.3 is 14.6 Å². The van der Waals surface area contributed by atoms with Crippen molar-refractivity contribution < 1.29 is 13.2 Å². The number of fused-ring (bicyclic) bond motifs is 1. The van der Waals surface area contributed by atoms with Crippen LogP contribution in [0.5, 0.6) is 5.88 Å². The van der Waals surface area contributed by atoms with Crippen molar-refractivity contribution >= 4 is 26.7 Å². The lowest BCUT2D eigenvalue weighted by atomic mass is 10.1. The minimum Gasteiger partial charge on any atom is -0.481 e. The Morgan fingerprint density at radius 2 is 1.86 bits per heavy atom. The van der Waals surface area contributed by atoms with Crippen LogP contribution in [-0.4, -0.2) is 57.0 Å². The Labute approximate surface area is 165 Å². The van der Waals surface area contributed by atoms with Gasteiger partial charge in [0.25, 0.3) is 0 Å². The molecule has 1 aromatic carbocycles. The summed E-state index contributed by atoms with van der Waals surface area (Å²) in [6.07, 6.45) is 2.28. The molecule has 1 N–H and O–H groups in total. The fourth-order valence-corrected chi connectivity index (χ4v) is 4.51. The topological polar surface area (TPSA) is 78.5 Å². The van der Waals surface area contributed by atoms with Gasteiger partial charge in [-0.25, -0.2) is 17.7 Å². The van der Waals surface area contributed by atoms with E-state index in [1.807, 2.05) is 18.2 Å². The van der Waals surface area contributed by atoms with E-state index in [9.17, 15) is 8.42 Å². The summed E-state index contributed by atoms with van der Waals surface area (Å²) in [7, 11) is 1.15. The molecule has 28 heavy (non-hydrogen) atoms. The highest BCUT2D eigenvalue weighted by molar-refractivity contribution is 7.89. The van der Waals surface area contributed by atoms with Gasteiger partial charge >= 0.3 is 0 Å². The normalized spacial score (nSPS) is 14.9. The monoisotopic (exact) mass is 400 g/mol. The molecule has 4 rings (SSSR count). The molecule has 1 saturated heterocycles. The van der Waals surface area contributed by atoms with E-state index < -0.39 is 10.0 Å². The maximum Gasteiger partial charge on any atom is 0.242 e. The smallest absolute Gasteiger partial charge is 0.242 e. The van der Waals surface area contributed by atoms with Crippen molar-refractivity contribution in [1.82, 2.24) is 14.3 Å². The lowest BCUT2D eigenvalue weighted by molar-refractivity contribution is 0.399. The highest BCUT2D eigenvalue weighted by atomic mass is 32.2. The van der Waals surface area contributed by atoms with Gasteiger partial charge in [-0.05, 0) is 43.2 Å². The highest BCUT2D eigenvalue weighted by Gasteiger charge is 2.23. The minimum atomic E-state index is -3.52. The number of benzene rings is 1. The second-order valence-electron chi connectivity index (χ2n) is 7.13. The molecule has 0 spiro atoms. The number of ether oxygens (including phenoxy) is 1. The van der Waals surface area contributed by atoms with Crippen LogP contribution < -0.4 is 9.64 Å². The third kappa shape index (κ3) is 3.22. The third-order valence-electron chi connectivity index (χ3n) is 5.14. The number of sulfonamides is 1. The molecule has 3 aromatic rings. The second-order valence-corrected chi connectivity index (χ2v) is 9.28. The molecule has 0 bridgehead atoms. The van der Waals surface area contributed by atoms with E-state index in [0.29, 0.717) is 5.88 Å². The molecule has 0 unspecified atom stereocenters. The van der Waals surface area contributed by atoms with Gasteiger partial charge in [0.1, 0.15) is 0 Å². The predicted octanol–water partition coefficient (Wildman–Crippen LogP) is 3.09. The molecule has 0 aliphatic carbocycles. The van der Waals surface area contributed by atoms with Crippen LogP contribution in [0.1, 0.15) is 12.8 Å². The lowest BCUT2D eigenvalue weighted by Gasteiger charge is -2.22. The van der Waals surface area contributed by atoms with Gasteiger partial charge in [0, 0.05) is 44.5 Å². The van der Waals surface area contributed by atoms with Gasteiger partial charge in [0.15, 0.2) is 0 Å². The number of aromatic amines is 1. The number of hydrogen-bond acceptors (Lipinski definition) is 5. The Kier molecular flexibility index (Phi) is 4.76. The fraction of sp³-hybridized carbons (Fsp3) is 0.350. The Morgan fingerprint density at radius 1 is 1.11 bits per heavy atom. The zero-order valence-electron chi connectivity index (χ0n) is 16.3. The molecule has 7 nitrogen and oxygen atoms in total. The van der Waals surface area contributed by atoms with E-state index in [0.717, 1.165) is 53.9 Å². The van der Waals surface area contributed by atoms with Crippen LogP contribution in [0.2, 0.25) is 0 Å². The largest absolute Gasteiger partial charge is 0.481 e. The van der Waals surface area contributed by atoms with Gasteiger partial charge in [-0.3, -0.25) is 0 Å². The van der Waals surface area contributed by atoms with E-state index in [1.54, 1.807) is 39.4 Å². The molecule has 1 aliphatic heterocycles. The summed E-state index contributed by atoms with van der Waals surface area (Å²) < 4.78 is 31.8. The van der Waals surface area contributed by atoms with Crippen molar-refractivity contribution in [2.24, 2.45) is 0 Å². The average molecular weight is 401 g/mol. The maximum absolute atomic E-state index is 12.7. The summed E-state index contributed by atoms with van der Waals surface area (Å²) in [6, 6.07) is 11.0. The first-order chi connectivity index (χ1) is 13.4. The number of pyridine rings is 1. The SMILES string of the molecule is COc1ccc2[nH]c(-c3cc(S(=O)(=O)N(C)C)ccc3N3CCCC3)cc2n1. The van der Waals surface area contributed by atoms with E-state index >= 15 is 0 Å². The van der Waals surface area contributed by atoms with Gasteiger partial charge in [0.2, 0.25) is 15.9 Å². The van der Waals surface area contributed by atoms with E-state index in [4.69, 9.17) is 4.74 Å². The van der Waals surface area contributed by atoms with Crippen LogP contribution >= 0.6 is 0 Å². The molecule has 148 valence electrons. The van der Waals surface area contributed by atoms with Crippen LogP contribution in [0.3, 0.4) is 0 Å². The molecule has 0 saturated carbocycles. The van der Waals surface area contributed by atoms with Crippen LogP contribution in [0.4, 0.5) is 5.69 Å². The second kappa shape index (κ2) is 7.10. The molecule has 2 aromatic heterocycles. The van der Waals surface area contributed by atoms with Crippen molar-refractivity contribution in [1.29, 1.82) is 0 Å². The number of nitrogens with zero attached hydrogens (tertiary/aromatic N) is 3. The summed E-state index contributed by atoms with van der Waals surface area (Å²) in [5.41, 5.74) is 4.40. The summed E-state index contributed by atoms with van der Waals surface area (Å²) >= 11 is 0. The molecule has 1 fully saturated rings. The zero-order chi connectivity index (χ0) is 19.9. The standard InChI is InChI=1S/C20H24N4O3S/c1-23(2)28(25,26)14-6-8-19(24-10-4-5-11-24)15(12-14)17-13-18-16(21-17)7-9-20(22-18)27-3/h6-9,12-13,21H,4-5,10-11H2,1-3H3. The summed E-state index contributed by atoms with van der Waals surface area (Å²) in [5, 5.41) is 0. The third-order valence-corrected chi connectivity index (χ3v) is 6.95. The van der Waals surface area contributed by atoms with Crippen molar-refractivity contribution in [2.45, 2.75) is 17.7 Å².